The summed E-state index contributed by atoms with van der Waals surface area (Å²) in [6.45, 7) is 2.31. The van der Waals surface area contributed by atoms with Gasteiger partial charge >= 0.3 is 5.97 Å². The molecule has 2 aromatic rings. The summed E-state index contributed by atoms with van der Waals surface area (Å²) >= 11 is 1.68. The van der Waals surface area contributed by atoms with E-state index in [9.17, 15) is 4.79 Å². The molecule has 2 rings (SSSR count). The Balaban J connectivity index is 2.07. The van der Waals surface area contributed by atoms with Crippen molar-refractivity contribution in [3.63, 3.8) is 0 Å². The summed E-state index contributed by atoms with van der Waals surface area (Å²) in [5.74, 6) is -0.434. The van der Waals surface area contributed by atoms with E-state index in [1.807, 2.05) is 24.5 Å². The van der Waals surface area contributed by atoms with E-state index in [4.69, 9.17) is 9.52 Å². The SMILES string of the molecule is CSc1cccc(NCc2cc(C(=O)O)oc2C)c1. The molecule has 1 aromatic heterocycles. The molecule has 0 aliphatic rings. The Bertz CT molecular complexity index is 592. The van der Waals surface area contributed by atoms with Crippen LogP contribution in [-0.4, -0.2) is 17.3 Å². The van der Waals surface area contributed by atoms with Gasteiger partial charge in [-0.05, 0) is 37.4 Å². The predicted octanol–water partition coefficient (Wildman–Crippen LogP) is 3.62. The number of hydrogen-bond acceptors (Lipinski definition) is 4. The molecule has 100 valence electrons. The van der Waals surface area contributed by atoms with Gasteiger partial charge in [0.2, 0.25) is 5.76 Å². The van der Waals surface area contributed by atoms with E-state index in [0.29, 0.717) is 12.3 Å². The van der Waals surface area contributed by atoms with Crippen LogP contribution in [0.25, 0.3) is 0 Å². The van der Waals surface area contributed by atoms with E-state index in [2.05, 4.69) is 11.4 Å². The normalized spacial score (nSPS) is 10.4. The van der Waals surface area contributed by atoms with Gasteiger partial charge in [0.15, 0.2) is 0 Å². The van der Waals surface area contributed by atoms with Crippen molar-refractivity contribution in [1.82, 2.24) is 0 Å². The summed E-state index contributed by atoms with van der Waals surface area (Å²) < 4.78 is 5.17. The topological polar surface area (TPSA) is 62.5 Å². The molecule has 5 heteroatoms. The lowest BCUT2D eigenvalue weighted by Crippen LogP contribution is -1.99. The van der Waals surface area contributed by atoms with Crippen molar-refractivity contribution in [2.45, 2.75) is 18.4 Å². The Kier molecular flexibility index (Phi) is 4.16. The molecule has 1 aromatic carbocycles. The van der Waals surface area contributed by atoms with Crippen LogP contribution in [0.3, 0.4) is 0 Å². The lowest BCUT2D eigenvalue weighted by molar-refractivity contribution is 0.0661. The number of rotatable bonds is 5. The number of carboxylic acid groups (broad SMARTS) is 1. The lowest BCUT2D eigenvalue weighted by atomic mass is 10.2. The highest BCUT2D eigenvalue weighted by atomic mass is 32.2. The maximum Gasteiger partial charge on any atom is 0.371 e. The van der Waals surface area contributed by atoms with E-state index < -0.39 is 5.97 Å². The van der Waals surface area contributed by atoms with Crippen LogP contribution in [0.4, 0.5) is 5.69 Å². The summed E-state index contributed by atoms with van der Waals surface area (Å²) in [6, 6.07) is 9.62. The number of benzene rings is 1. The molecule has 0 saturated carbocycles. The first-order chi connectivity index (χ1) is 9.10. The molecule has 0 fully saturated rings. The van der Waals surface area contributed by atoms with Crippen LogP contribution in [0.1, 0.15) is 21.9 Å². The molecule has 0 aliphatic heterocycles. The molecule has 0 spiro atoms. The van der Waals surface area contributed by atoms with Crippen LogP contribution in [0.5, 0.6) is 0 Å². The average Bonchev–Trinajstić information content (AvgIpc) is 2.78. The van der Waals surface area contributed by atoms with Crippen LogP contribution < -0.4 is 5.32 Å². The third kappa shape index (κ3) is 3.32. The quantitative estimate of drug-likeness (QED) is 0.817. The first-order valence-corrected chi connectivity index (χ1v) is 7.03. The van der Waals surface area contributed by atoms with E-state index in [1.54, 1.807) is 24.8 Å². The Morgan fingerprint density at radius 1 is 1.42 bits per heavy atom. The van der Waals surface area contributed by atoms with Gasteiger partial charge < -0.3 is 14.8 Å². The first-order valence-electron chi connectivity index (χ1n) is 5.80. The van der Waals surface area contributed by atoms with Crippen molar-refractivity contribution in [1.29, 1.82) is 0 Å². The Morgan fingerprint density at radius 2 is 2.21 bits per heavy atom. The fourth-order valence-corrected chi connectivity index (χ4v) is 2.19. The fourth-order valence-electron chi connectivity index (χ4n) is 1.73. The second-order valence-electron chi connectivity index (χ2n) is 4.08. The van der Waals surface area contributed by atoms with Gasteiger partial charge in [-0.25, -0.2) is 4.79 Å². The maximum atomic E-state index is 10.8. The van der Waals surface area contributed by atoms with E-state index >= 15 is 0 Å². The average molecular weight is 277 g/mol. The molecule has 19 heavy (non-hydrogen) atoms. The maximum absolute atomic E-state index is 10.8. The highest BCUT2D eigenvalue weighted by Crippen LogP contribution is 2.21. The van der Waals surface area contributed by atoms with E-state index in [-0.39, 0.29) is 5.76 Å². The molecule has 0 atom stereocenters. The summed E-state index contributed by atoms with van der Waals surface area (Å²) in [7, 11) is 0. The number of thioether (sulfide) groups is 1. The predicted molar refractivity (Wildman–Crippen MR) is 76.0 cm³/mol. The molecule has 0 amide bonds. The lowest BCUT2D eigenvalue weighted by Gasteiger charge is -2.06. The van der Waals surface area contributed by atoms with Gasteiger partial charge in [-0.15, -0.1) is 11.8 Å². The number of furan rings is 1. The van der Waals surface area contributed by atoms with Crippen molar-refractivity contribution in [2.75, 3.05) is 11.6 Å². The molecule has 0 saturated heterocycles. The van der Waals surface area contributed by atoms with Gasteiger partial charge in [-0.2, -0.15) is 0 Å². The second-order valence-corrected chi connectivity index (χ2v) is 4.96. The second kappa shape index (κ2) is 5.84. The van der Waals surface area contributed by atoms with E-state index in [0.717, 1.165) is 11.3 Å². The fraction of sp³-hybridized carbons (Fsp3) is 0.214. The minimum atomic E-state index is -1.04. The third-order valence-electron chi connectivity index (χ3n) is 2.78. The van der Waals surface area contributed by atoms with Gasteiger partial charge in [0.05, 0.1) is 0 Å². The van der Waals surface area contributed by atoms with Gasteiger partial charge in [-0.1, -0.05) is 6.07 Å². The van der Waals surface area contributed by atoms with Gasteiger partial charge in [-0.3, -0.25) is 0 Å². The zero-order valence-electron chi connectivity index (χ0n) is 10.8. The number of nitrogens with one attached hydrogen (secondary N) is 1. The Morgan fingerprint density at radius 3 is 2.84 bits per heavy atom. The number of hydrogen-bond donors (Lipinski definition) is 2. The number of carboxylic acids is 1. The minimum Gasteiger partial charge on any atom is -0.475 e. The number of aromatic carboxylic acids is 1. The molecule has 0 aliphatic carbocycles. The Hall–Kier alpha value is -1.88. The number of carbonyl (C=O) groups is 1. The third-order valence-corrected chi connectivity index (χ3v) is 3.51. The van der Waals surface area contributed by atoms with Crippen LogP contribution in [-0.2, 0) is 6.54 Å². The van der Waals surface area contributed by atoms with Crippen LogP contribution >= 0.6 is 11.8 Å². The molecule has 0 bridgehead atoms. The zero-order valence-corrected chi connectivity index (χ0v) is 11.6. The van der Waals surface area contributed by atoms with Crippen molar-refractivity contribution in [3.05, 3.63) is 47.4 Å². The van der Waals surface area contributed by atoms with Crippen LogP contribution in [0.15, 0.2) is 39.6 Å². The molecular formula is C14H15NO3S. The van der Waals surface area contributed by atoms with Crippen molar-refractivity contribution in [3.8, 4) is 0 Å². The smallest absolute Gasteiger partial charge is 0.371 e. The standard InChI is InChI=1S/C14H15NO3S/c1-9-10(6-13(18-9)14(16)17)8-15-11-4-3-5-12(7-11)19-2/h3-7,15H,8H2,1-2H3,(H,16,17). The zero-order chi connectivity index (χ0) is 13.8. The molecule has 0 radical (unpaired) electrons. The first kappa shape index (κ1) is 13.5. The number of anilines is 1. The number of aryl methyl sites for hydroxylation is 1. The molecule has 1 heterocycles. The van der Waals surface area contributed by atoms with Crippen LogP contribution in [0.2, 0.25) is 0 Å². The van der Waals surface area contributed by atoms with Crippen molar-refractivity contribution < 1.29 is 14.3 Å². The van der Waals surface area contributed by atoms with Gasteiger partial charge in [0.1, 0.15) is 5.76 Å². The largest absolute Gasteiger partial charge is 0.475 e. The minimum absolute atomic E-state index is 0.0211. The highest BCUT2D eigenvalue weighted by molar-refractivity contribution is 7.98. The van der Waals surface area contributed by atoms with E-state index in [1.165, 1.54) is 4.90 Å². The molecular weight excluding hydrogens is 262 g/mol. The van der Waals surface area contributed by atoms with Crippen molar-refractivity contribution in [2.24, 2.45) is 0 Å². The van der Waals surface area contributed by atoms with Crippen molar-refractivity contribution >= 4 is 23.4 Å². The molecule has 2 N–H and O–H groups in total. The van der Waals surface area contributed by atoms with Gasteiger partial charge in [0.25, 0.3) is 0 Å². The summed E-state index contributed by atoms with van der Waals surface area (Å²) in [5.41, 5.74) is 1.86. The van der Waals surface area contributed by atoms with Crippen LogP contribution in [0, 0.1) is 6.92 Å². The summed E-state index contributed by atoms with van der Waals surface area (Å²) in [5, 5.41) is 12.1. The molecule has 4 nitrogen and oxygen atoms in total. The summed E-state index contributed by atoms with van der Waals surface area (Å²) in [4.78, 5) is 12.0. The monoisotopic (exact) mass is 277 g/mol. The Labute approximate surface area is 115 Å². The summed E-state index contributed by atoms with van der Waals surface area (Å²) in [6.07, 6.45) is 2.03. The molecule has 0 unspecified atom stereocenters. The van der Waals surface area contributed by atoms with Gasteiger partial charge in [0, 0.05) is 22.7 Å². The highest BCUT2D eigenvalue weighted by Gasteiger charge is 2.12.